The SMILES string of the molecule is COc1ccc(CCNC(=O)C2=CCCCC2)cc1S(N)(=O)=O. The van der Waals surface area contributed by atoms with Gasteiger partial charge in [-0.1, -0.05) is 12.1 Å². The van der Waals surface area contributed by atoms with Crippen molar-refractivity contribution >= 4 is 15.9 Å². The Kier molecular flexibility index (Phi) is 5.79. The zero-order valence-electron chi connectivity index (χ0n) is 13.2. The van der Waals surface area contributed by atoms with Gasteiger partial charge in [-0.05, 0) is 49.8 Å². The van der Waals surface area contributed by atoms with E-state index in [1.54, 1.807) is 12.1 Å². The van der Waals surface area contributed by atoms with Crippen molar-refractivity contribution in [1.82, 2.24) is 5.32 Å². The lowest BCUT2D eigenvalue weighted by molar-refractivity contribution is -0.117. The second kappa shape index (κ2) is 7.61. The number of nitrogens with two attached hydrogens (primary N) is 1. The predicted octanol–water partition coefficient (Wildman–Crippen LogP) is 1.50. The molecule has 1 aromatic rings. The van der Waals surface area contributed by atoms with E-state index >= 15 is 0 Å². The smallest absolute Gasteiger partial charge is 0.246 e. The fourth-order valence-electron chi connectivity index (χ4n) is 2.58. The number of methoxy groups -OCH3 is 1. The first-order chi connectivity index (χ1) is 10.9. The van der Waals surface area contributed by atoms with E-state index in [4.69, 9.17) is 9.88 Å². The summed E-state index contributed by atoms with van der Waals surface area (Å²) in [6.45, 7) is 0.437. The molecular formula is C16H22N2O4S. The number of carbonyl (C=O) groups is 1. The molecule has 0 saturated heterocycles. The molecule has 0 unspecified atom stereocenters. The van der Waals surface area contributed by atoms with Gasteiger partial charge >= 0.3 is 0 Å². The highest BCUT2D eigenvalue weighted by atomic mass is 32.2. The summed E-state index contributed by atoms with van der Waals surface area (Å²) in [5.74, 6) is 0.178. The van der Waals surface area contributed by atoms with E-state index in [0.29, 0.717) is 13.0 Å². The van der Waals surface area contributed by atoms with Crippen LogP contribution in [0.3, 0.4) is 0 Å². The molecule has 0 atom stereocenters. The topological polar surface area (TPSA) is 98.5 Å². The normalized spacial score (nSPS) is 15.0. The minimum Gasteiger partial charge on any atom is -0.495 e. The molecular weight excluding hydrogens is 316 g/mol. The van der Waals surface area contributed by atoms with Gasteiger partial charge in [-0.2, -0.15) is 0 Å². The Bertz CT molecular complexity index is 711. The number of hydrogen-bond acceptors (Lipinski definition) is 4. The zero-order valence-corrected chi connectivity index (χ0v) is 14.0. The summed E-state index contributed by atoms with van der Waals surface area (Å²) in [6, 6.07) is 4.82. The van der Waals surface area contributed by atoms with Crippen molar-refractivity contribution < 1.29 is 17.9 Å². The maximum Gasteiger partial charge on any atom is 0.246 e. The van der Waals surface area contributed by atoms with Gasteiger partial charge in [-0.15, -0.1) is 0 Å². The predicted molar refractivity (Wildman–Crippen MR) is 87.6 cm³/mol. The summed E-state index contributed by atoms with van der Waals surface area (Å²) in [5.41, 5.74) is 1.61. The lowest BCUT2D eigenvalue weighted by Gasteiger charge is -2.13. The van der Waals surface area contributed by atoms with E-state index < -0.39 is 10.0 Å². The number of allylic oxidation sites excluding steroid dienone is 1. The van der Waals surface area contributed by atoms with Crippen molar-refractivity contribution in [3.63, 3.8) is 0 Å². The Balaban J connectivity index is 1.98. The molecule has 7 heteroatoms. The Morgan fingerprint density at radius 2 is 2.13 bits per heavy atom. The van der Waals surface area contributed by atoms with Gasteiger partial charge in [0.15, 0.2) is 0 Å². The van der Waals surface area contributed by atoms with Crippen molar-refractivity contribution in [2.24, 2.45) is 5.14 Å². The standard InChI is InChI=1S/C16H22N2O4S/c1-22-14-8-7-12(11-15(14)23(17,20)21)9-10-18-16(19)13-5-3-2-4-6-13/h5,7-8,11H,2-4,6,9-10H2,1H3,(H,18,19)(H2,17,20,21). The van der Waals surface area contributed by atoms with Crippen LogP contribution in [0.1, 0.15) is 31.2 Å². The van der Waals surface area contributed by atoms with Crippen molar-refractivity contribution in [3.8, 4) is 5.75 Å². The summed E-state index contributed by atoms with van der Waals surface area (Å²) in [6.07, 6.45) is 6.48. The fourth-order valence-corrected chi connectivity index (χ4v) is 3.32. The molecule has 2 rings (SSSR count). The second-order valence-corrected chi connectivity index (χ2v) is 7.04. The zero-order chi connectivity index (χ0) is 16.9. The van der Waals surface area contributed by atoms with Gasteiger partial charge in [-0.25, -0.2) is 13.6 Å². The summed E-state index contributed by atoms with van der Waals surface area (Å²) >= 11 is 0. The van der Waals surface area contributed by atoms with E-state index in [1.807, 2.05) is 6.08 Å². The van der Waals surface area contributed by atoms with Crippen LogP contribution in [-0.2, 0) is 21.2 Å². The Labute approximate surface area is 136 Å². The van der Waals surface area contributed by atoms with Crippen LogP contribution in [0.5, 0.6) is 5.75 Å². The van der Waals surface area contributed by atoms with E-state index in [1.165, 1.54) is 13.2 Å². The number of rotatable bonds is 6. The highest BCUT2D eigenvalue weighted by molar-refractivity contribution is 7.89. The molecule has 0 fully saturated rings. The second-order valence-electron chi connectivity index (χ2n) is 5.51. The molecule has 0 radical (unpaired) electrons. The summed E-state index contributed by atoms with van der Waals surface area (Å²) < 4.78 is 28.2. The van der Waals surface area contributed by atoms with E-state index in [-0.39, 0.29) is 16.6 Å². The fraction of sp³-hybridized carbons (Fsp3) is 0.438. The van der Waals surface area contributed by atoms with Crippen LogP contribution in [-0.4, -0.2) is 28.0 Å². The largest absolute Gasteiger partial charge is 0.495 e. The number of carbonyl (C=O) groups excluding carboxylic acids is 1. The average molecular weight is 338 g/mol. The maximum atomic E-state index is 12.0. The molecule has 0 aromatic heterocycles. The molecule has 0 bridgehead atoms. The van der Waals surface area contributed by atoms with Crippen LogP contribution < -0.4 is 15.2 Å². The minimum absolute atomic E-state index is 0.0371. The van der Waals surface area contributed by atoms with Crippen LogP contribution in [0.2, 0.25) is 0 Å². The molecule has 1 aliphatic rings. The number of nitrogens with one attached hydrogen (secondary N) is 1. The van der Waals surface area contributed by atoms with Gasteiger partial charge < -0.3 is 10.1 Å². The van der Waals surface area contributed by atoms with Crippen molar-refractivity contribution in [2.75, 3.05) is 13.7 Å². The third-order valence-electron chi connectivity index (χ3n) is 3.82. The Hall–Kier alpha value is -1.86. The van der Waals surface area contributed by atoms with Crippen LogP contribution in [0.4, 0.5) is 0 Å². The molecule has 6 nitrogen and oxygen atoms in total. The summed E-state index contributed by atoms with van der Waals surface area (Å²) in [5, 5.41) is 8.06. The first kappa shape index (κ1) is 17.5. The molecule has 3 N–H and O–H groups in total. The van der Waals surface area contributed by atoms with E-state index in [2.05, 4.69) is 5.32 Å². The highest BCUT2D eigenvalue weighted by Gasteiger charge is 2.16. The van der Waals surface area contributed by atoms with Crippen molar-refractivity contribution in [2.45, 2.75) is 37.0 Å². The first-order valence-corrected chi connectivity index (χ1v) is 9.13. The quantitative estimate of drug-likeness (QED) is 0.821. The lowest BCUT2D eigenvalue weighted by Crippen LogP contribution is -2.27. The Morgan fingerprint density at radius 1 is 1.35 bits per heavy atom. The van der Waals surface area contributed by atoms with Crippen LogP contribution in [0.15, 0.2) is 34.7 Å². The molecule has 1 aliphatic carbocycles. The average Bonchev–Trinajstić information content (AvgIpc) is 2.54. The van der Waals surface area contributed by atoms with Gasteiger partial charge in [0, 0.05) is 12.1 Å². The van der Waals surface area contributed by atoms with E-state index in [0.717, 1.165) is 36.8 Å². The number of sulfonamides is 1. The molecule has 0 spiro atoms. The molecule has 23 heavy (non-hydrogen) atoms. The minimum atomic E-state index is -3.85. The van der Waals surface area contributed by atoms with Gasteiger partial charge in [-0.3, -0.25) is 4.79 Å². The molecule has 0 heterocycles. The lowest BCUT2D eigenvalue weighted by atomic mass is 9.99. The summed E-state index contributed by atoms with van der Waals surface area (Å²) in [4.78, 5) is 12.0. The Morgan fingerprint density at radius 3 is 2.74 bits per heavy atom. The van der Waals surface area contributed by atoms with Crippen LogP contribution >= 0.6 is 0 Å². The van der Waals surface area contributed by atoms with Gasteiger partial charge in [0.1, 0.15) is 10.6 Å². The van der Waals surface area contributed by atoms with Crippen molar-refractivity contribution in [1.29, 1.82) is 0 Å². The summed E-state index contributed by atoms with van der Waals surface area (Å²) in [7, 11) is -2.46. The third-order valence-corrected chi connectivity index (χ3v) is 4.75. The monoisotopic (exact) mass is 338 g/mol. The maximum absolute atomic E-state index is 12.0. The van der Waals surface area contributed by atoms with Gasteiger partial charge in [0.05, 0.1) is 7.11 Å². The molecule has 0 saturated carbocycles. The van der Waals surface area contributed by atoms with Crippen LogP contribution in [0, 0.1) is 0 Å². The number of benzene rings is 1. The van der Waals surface area contributed by atoms with Gasteiger partial charge in [0.2, 0.25) is 15.9 Å². The number of ether oxygens (including phenoxy) is 1. The molecule has 1 amide bonds. The van der Waals surface area contributed by atoms with E-state index in [9.17, 15) is 13.2 Å². The first-order valence-electron chi connectivity index (χ1n) is 7.59. The molecule has 126 valence electrons. The number of primary sulfonamides is 1. The number of amides is 1. The third kappa shape index (κ3) is 4.80. The number of hydrogen-bond donors (Lipinski definition) is 2. The molecule has 0 aliphatic heterocycles. The highest BCUT2D eigenvalue weighted by Crippen LogP contribution is 2.24. The van der Waals surface area contributed by atoms with Crippen molar-refractivity contribution in [3.05, 3.63) is 35.4 Å². The van der Waals surface area contributed by atoms with Crippen LogP contribution in [0.25, 0.3) is 0 Å². The molecule has 1 aromatic carbocycles. The van der Waals surface area contributed by atoms with Gasteiger partial charge in [0.25, 0.3) is 0 Å².